The first-order valence-corrected chi connectivity index (χ1v) is 8.83. The summed E-state index contributed by atoms with van der Waals surface area (Å²) in [6.07, 6.45) is 1.66. The average molecular weight is 352 g/mol. The van der Waals surface area contributed by atoms with E-state index in [1.54, 1.807) is 19.2 Å². The molecule has 6 heteroatoms. The number of rotatable bonds is 4. The van der Waals surface area contributed by atoms with E-state index in [4.69, 9.17) is 0 Å². The number of carbonyl (C=O) groups is 2. The molecule has 3 rings (SSSR count). The molecule has 0 radical (unpaired) electrons. The van der Waals surface area contributed by atoms with Gasteiger partial charge in [-0.3, -0.25) is 9.59 Å². The van der Waals surface area contributed by atoms with Crippen LogP contribution in [0.15, 0.2) is 42.6 Å². The molecular formula is C20H24N4O2. The minimum absolute atomic E-state index is 0.0989. The second-order valence-electron chi connectivity index (χ2n) is 6.56. The van der Waals surface area contributed by atoms with Crippen LogP contribution in [0.25, 0.3) is 0 Å². The standard InChI is InChI=1S/C20H24N4O2/c1-15-3-5-17(6-4-15)14-22-20(26)18-7-8-21-19(13-18)24-11-9-23(10-12-24)16(2)25/h3-8,13H,9-12,14H2,1-2H3,(H,22,26). The van der Waals surface area contributed by atoms with Crippen LogP contribution in [0.2, 0.25) is 0 Å². The number of hydrogen-bond donors (Lipinski definition) is 1. The number of nitrogens with zero attached hydrogens (tertiary/aromatic N) is 3. The first kappa shape index (κ1) is 17.9. The molecule has 136 valence electrons. The number of aromatic nitrogens is 1. The lowest BCUT2D eigenvalue weighted by molar-refractivity contribution is -0.129. The zero-order valence-electron chi connectivity index (χ0n) is 15.2. The summed E-state index contributed by atoms with van der Waals surface area (Å²) in [4.78, 5) is 32.2. The lowest BCUT2D eigenvalue weighted by Crippen LogP contribution is -2.48. The smallest absolute Gasteiger partial charge is 0.251 e. The van der Waals surface area contributed by atoms with Crippen molar-refractivity contribution in [2.75, 3.05) is 31.1 Å². The van der Waals surface area contributed by atoms with Crippen molar-refractivity contribution in [1.82, 2.24) is 15.2 Å². The van der Waals surface area contributed by atoms with Crippen molar-refractivity contribution < 1.29 is 9.59 Å². The van der Waals surface area contributed by atoms with Crippen LogP contribution in [-0.4, -0.2) is 47.9 Å². The number of pyridine rings is 1. The van der Waals surface area contributed by atoms with Crippen LogP contribution in [0.5, 0.6) is 0 Å². The predicted octanol–water partition coefficient (Wildman–Crippen LogP) is 1.99. The molecule has 0 spiro atoms. The highest BCUT2D eigenvalue weighted by Gasteiger charge is 2.20. The zero-order chi connectivity index (χ0) is 18.5. The highest BCUT2D eigenvalue weighted by Crippen LogP contribution is 2.15. The summed E-state index contributed by atoms with van der Waals surface area (Å²) >= 11 is 0. The van der Waals surface area contributed by atoms with Crippen LogP contribution in [0, 0.1) is 6.92 Å². The van der Waals surface area contributed by atoms with E-state index in [9.17, 15) is 9.59 Å². The quantitative estimate of drug-likeness (QED) is 0.914. The van der Waals surface area contributed by atoms with Gasteiger partial charge in [-0.1, -0.05) is 29.8 Å². The monoisotopic (exact) mass is 352 g/mol. The van der Waals surface area contributed by atoms with Gasteiger partial charge in [0.1, 0.15) is 5.82 Å². The maximum Gasteiger partial charge on any atom is 0.251 e. The Balaban J connectivity index is 1.60. The molecule has 2 heterocycles. The Labute approximate surface area is 153 Å². The van der Waals surface area contributed by atoms with Crippen molar-refractivity contribution in [3.8, 4) is 0 Å². The fourth-order valence-electron chi connectivity index (χ4n) is 2.97. The van der Waals surface area contributed by atoms with Gasteiger partial charge in [0.05, 0.1) is 0 Å². The SMILES string of the molecule is CC(=O)N1CCN(c2cc(C(=O)NCc3ccc(C)cc3)ccn2)CC1. The van der Waals surface area contributed by atoms with Crippen molar-refractivity contribution in [3.63, 3.8) is 0 Å². The van der Waals surface area contributed by atoms with Gasteiger partial charge < -0.3 is 15.1 Å². The maximum absolute atomic E-state index is 12.5. The number of piperazine rings is 1. The van der Waals surface area contributed by atoms with Crippen molar-refractivity contribution in [3.05, 3.63) is 59.3 Å². The molecule has 1 aromatic carbocycles. The van der Waals surface area contributed by atoms with E-state index in [0.717, 1.165) is 24.5 Å². The predicted molar refractivity (Wildman–Crippen MR) is 101 cm³/mol. The summed E-state index contributed by atoms with van der Waals surface area (Å²) in [5.74, 6) is 0.759. The van der Waals surface area contributed by atoms with E-state index in [1.165, 1.54) is 5.56 Å². The van der Waals surface area contributed by atoms with Crippen LogP contribution < -0.4 is 10.2 Å². The minimum Gasteiger partial charge on any atom is -0.353 e. The first-order chi connectivity index (χ1) is 12.5. The number of anilines is 1. The average Bonchev–Trinajstić information content (AvgIpc) is 2.67. The number of nitrogens with one attached hydrogen (secondary N) is 1. The molecule has 0 atom stereocenters. The van der Waals surface area contributed by atoms with Gasteiger partial charge in [0.2, 0.25) is 5.91 Å². The second-order valence-corrected chi connectivity index (χ2v) is 6.56. The largest absolute Gasteiger partial charge is 0.353 e. The third-order valence-electron chi connectivity index (χ3n) is 4.63. The third kappa shape index (κ3) is 4.39. The molecule has 6 nitrogen and oxygen atoms in total. The molecule has 1 N–H and O–H groups in total. The highest BCUT2D eigenvalue weighted by molar-refractivity contribution is 5.94. The van der Waals surface area contributed by atoms with E-state index < -0.39 is 0 Å². The molecule has 26 heavy (non-hydrogen) atoms. The molecule has 1 aromatic heterocycles. The molecule has 0 saturated carbocycles. The molecule has 1 saturated heterocycles. The Kier molecular flexibility index (Phi) is 5.51. The zero-order valence-corrected chi connectivity index (χ0v) is 15.2. The van der Waals surface area contributed by atoms with Gasteiger partial charge in [-0.2, -0.15) is 0 Å². The normalized spacial score (nSPS) is 14.2. The summed E-state index contributed by atoms with van der Waals surface area (Å²) in [7, 11) is 0. The van der Waals surface area contributed by atoms with E-state index in [2.05, 4.69) is 15.2 Å². The maximum atomic E-state index is 12.5. The van der Waals surface area contributed by atoms with Crippen LogP contribution in [0.1, 0.15) is 28.4 Å². The molecule has 0 unspecified atom stereocenters. The van der Waals surface area contributed by atoms with Crippen molar-refractivity contribution in [2.24, 2.45) is 0 Å². The molecule has 2 amide bonds. The van der Waals surface area contributed by atoms with Gasteiger partial charge in [0, 0.05) is 51.4 Å². The van der Waals surface area contributed by atoms with Gasteiger partial charge in [0.15, 0.2) is 0 Å². The van der Waals surface area contributed by atoms with E-state index in [1.807, 2.05) is 42.2 Å². The highest BCUT2D eigenvalue weighted by atomic mass is 16.2. The van der Waals surface area contributed by atoms with E-state index >= 15 is 0 Å². The van der Waals surface area contributed by atoms with Crippen LogP contribution in [0.3, 0.4) is 0 Å². The van der Waals surface area contributed by atoms with E-state index in [0.29, 0.717) is 25.2 Å². The Morgan fingerprint density at radius 2 is 1.77 bits per heavy atom. The Morgan fingerprint density at radius 1 is 1.08 bits per heavy atom. The Morgan fingerprint density at radius 3 is 2.42 bits per heavy atom. The third-order valence-corrected chi connectivity index (χ3v) is 4.63. The lowest BCUT2D eigenvalue weighted by atomic mass is 10.1. The molecule has 1 aliphatic heterocycles. The number of hydrogen-bond acceptors (Lipinski definition) is 4. The molecule has 0 bridgehead atoms. The molecule has 1 fully saturated rings. The minimum atomic E-state index is -0.114. The van der Waals surface area contributed by atoms with Gasteiger partial charge in [-0.25, -0.2) is 4.98 Å². The van der Waals surface area contributed by atoms with Gasteiger partial charge in [0.25, 0.3) is 5.91 Å². The van der Waals surface area contributed by atoms with Gasteiger partial charge in [-0.15, -0.1) is 0 Å². The first-order valence-electron chi connectivity index (χ1n) is 8.83. The summed E-state index contributed by atoms with van der Waals surface area (Å²) in [6, 6.07) is 11.6. The Bertz CT molecular complexity index is 781. The topological polar surface area (TPSA) is 65.5 Å². The summed E-state index contributed by atoms with van der Waals surface area (Å²) in [6.45, 7) is 6.93. The molecule has 1 aliphatic rings. The van der Waals surface area contributed by atoms with Crippen LogP contribution in [-0.2, 0) is 11.3 Å². The summed E-state index contributed by atoms with van der Waals surface area (Å²) < 4.78 is 0. The second kappa shape index (κ2) is 7.99. The number of carbonyl (C=O) groups excluding carboxylic acids is 2. The van der Waals surface area contributed by atoms with Crippen molar-refractivity contribution in [1.29, 1.82) is 0 Å². The van der Waals surface area contributed by atoms with E-state index in [-0.39, 0.29) is 11.8 Å². The Hall–Kier alpha value is -2.89. The molecule has 0 aliphatic carbocycles. The fourth-order valence-corrected chi connectivity index (χ4v) is 2.97. The summed E-state index contributed by atoms with van der Waals surface area (Å²) in [5.41, 5.74) is 2.86. The fraction of sp³-hybridized carbons (Fsp3) is 0.350. The lowest BCUT2D eigenvalue weighted by Gasteiger charge is -2.35. The van der Waals surface area contributed by atoms with Crippen LogP contribution >= 0.6 is 0 Å². The number of aryl methyl sites for hydroxylation is 1. The van der Waals surface area contributed by atoms with Gasteiger partial charge in [-0.05, 0) is 24.6 Å². The number of amides is 2. The van der Waals surface area contributed by atoms with Crippen molar-refractivity contribution >= 4 is 17.6 Å². The number of benzene rings is 1. The summed E-state index contributed by atoms with van der Waals surface area (Å²) in [5, 5.41) is 2.95. The van der Waals surface area contributed by atoms with Crippen molar-refractivity contribution in [2.45, 2.75) is 20.4 Å². The molecular weight excluding hydrogens is 328 g/mol. The van der Waals surface area contributed by atoms with Crippen LogP contribution in [0.4, 0.5) is 5.82 Å². The van der Waals surface area contributed by atoms with Gasteiger partial charge >= 0.3 is 0 Å². The molecule has 2 aromatic rings.